The molecule has 1 aromatic rings. The van der Waals surface area contributed by atoms with Gasteiger partial charge in [0.15, 0.2) is 0 Å². The zero-order chi connectivity index (χ0) is 12.1. The molecule has 0 unspecified atom stereocenters. The van der Waals surface area contributed by atoms with Gasteiger partial charge in [0.25, 0.3) is 0 Å². The molecule has 0 bridgehead atoms. The second-order valence-corrected chi connectivity index (χ2v) is 4.96. The fourth-order valence-electron chi connectivity index (χ4n) is 0.938. The van der Waals surface area contributed by atoms with Crippen molar-refractivity contribution in [3.05, 3.63) is 35.9 Å². The summed E-state index contributed by atoms with van der Waals surface area (Å²) in [6.45, 7) is 6.67. The van der Waals surface area contributed by atoms with Crippen molar-refractivity contribution in [3.63, 3.8) is 0 Å². The Morgan fingerprint density at radius 3 is 1.50 bits per heavy atom. The molecular weight excluding hydrogens is 223 g/mol. The van der Waals surface area contributed by atoms with Crippen molar-refractivity contribution in [2.45, 2.75) is 26.2 Å². The summed E-state index contributed by atoms with van der Waals surface area (Å²) in [4.78, 5) is 0. The van der Waals surface area contributed by atoms with Gasteiger partial charge in [-0.3, -0.25) is 9.11 Å². The van der Waals surface area contributed by atoms with E-state index in [0.717, 1.165) is 0 Å². The first kappa shape index (κ1) is 18.1. The standard InChI is InChI=1S/C10H14.Li.H2O4S.H/c1-10(2,3)9-7-5-4-6-8-9;;1-5(2,3)4;/h4-8H,1-3H3;;(H2,1,2,3,4);. The van der Waals surface area contributed by atoms with E-state index in [9.17, 15) is 0 Å². The molecule has 0 aromatic heterocycles. The maximum atomic E-state index is 8.74. The first-order chi connectivity index (χ1) is 6.61. The molecule has 0 fully saturated rings. The van der Waals surface area contributed by atoms with Gasteiger partial charge in [-0.15, -0.1) is 0 Å². The Kier molecular flexibility index (Phi) is 8.01. The van der Waals surface area contributed by atoms with Crippen LogP contribution in [0, 0.1) is 0 Å². The van der Waals surface area contributed by atoms with Gasteiger partial charge in [-0.2, -0.15) is 8.42 Å². The van der Waals surface area contributed by atoms with Crippen LogP contribution in [0.4, 0.5) is 0 Å². The van der Waals surface area contributed by atoms with E-state index in [1.807, 2.05) is 0 Å². The van der Waals surface area contributed by atoms with Crippen LogP contribution >= 0.6 is 0 Å². The van der Waals surface area contributed by atoms with Crippen molar-refractivity contribution in [3.8, 4) is 0 Å². The van der Waals surface area contributed by atoms with Crippen LogP contribution in [0.5, 0.6) is 0 Å². The Morgan fingerprint density at radius 2 is 1.31 bits per heavy atom. The first-order valence-electron chi connectivity index (χ1n) is 4.36. The quantitative estimate of drug-likeness (QED) is 0.534. The van der Waals surface area contributed by atoms with Gasteiger partial charge in [-0.05, 0) is 11.0 Å². The van der Waals surface area contributed by atoms with Crippen LogP contribution < -0.4 is 0 Å². The fraction of sp³-hybridized carbons (Fsp3) is 0.400. The van der Waals surface area contributed by atoms with Gasteiger partial charge < -0.3 is 0 Å². The van der Waals surface area contributed by atoms with E-state index >= 15 is 0 Å². The molecular formula is C10H17LiO4S. The zero-order valence-electron chi connectivity index (χ0n) is 9.01. The molecule has 0 aliphatic rings. The average Bonchev–Trinajstić information content (AvgIpc) is 2.01. The summed E-state index contributed by atoms with van der Waals surface area (Å²) in [7, 11) is -4.67. The first-order valence-corrected chi connectivity index (χ1v) is 5.76. The van der Waals surface area contributed by atoms with E-state index in [4.69, 9.17) is 17.5 Å². The summed E-state index contributed by atoms with van der Waals surface area (Å²) in [5.41, 5.74) is 1.69. The van der Waals surface area contributed by atoms with Crippen LogP contribution in [0.1, 0.15) is 26.3 Å². The molecule has 0 radical (unpaired) electrons. The van der Waals surface area contributed by atoms with Crippen LogP contribution in [0.3, 0.4) is 0 Å². The third-order valence-electron chi connectivity index (χ3n) is 1.64. The predicted molar refractivity (Wildman–Crippen MR) is 66.5 cm³/mol. The summed E-state index contributed by atoms with van der Waals surface area (Å²) in [5.74, 6) is 0. The minimum absolute atomic E-state index is 0. The second-order valence-electron chi connectivity index (χ2n) is 4.06. The number of benzene rings is 1. The van der Waals surface area contributed by atoms with Crippen LogP contribution in [-0.4, -0.2) is 36.4 Å². The van der Waals surface area contributed by atoms with Crippen molar-refractivity contribution in [2.24, 2.45) is 0 Å². The van der Waals surface area contributed by atoms with Gasteiger partial charge in [-0.1, -0.05) is 51.1 Å². The van der Waals surface area contributed by atoms with Crippen LogP contribution in [0.15, 0.2) is 30.3 Å². The van der Waals surface area contributed by atoms with E-state index in [1.54, 1.807) is 0 Å². The van der Waals surface area contributed by atoms with E-state index in [2.05, 4.69) is 51.1 Å². The van der Waals surface area contributed by atoms with Gasteiger partial charge in [0.2, 0.25) is 0 Å². The normalized spacial score (nSPS) is 10.8. The van der Waals surface area contributed by atoms with E-state index < -0.39 is 10.4 Å². The van der Waals surface area contributed by atoms with Crippen molar-refractivity contribution in [1.29, 1.82) is 0 Å². The predicted octanol–water partition coefficient (Wildman–Crippen LogP) is 1.68. The zero-order valence-corrected chi connectivity index (χ0v) is 9.82. The Morgan fingerprint density at radius 1 is 1.00 bits per heavy atom. The molecule has 4 nitrogen and oxygen atoms in total. The minimum atomic E-state index is -4.67. The molecule has 0 saturated carbocycles. The number of hydrogen-bond donors (Lipinski definition) is 2. The van der Waals surface area contributed by atoms with Crippen molar-refractivity contribution in [2.75, 3.05) is 0 Å². The maximum absolute atomic E-state index is 8.74. The molecule has 16 heavy (non-hydrogen) atoms. The molecule has 2 N–H and O–H groups in total. The van der Waals surface area contributed by atoms with E-state index in [1.165, 1.54) is 5.56 Å². The Bertz CT molecular complexity index is 373. The summed E-state index contributed by atoms with van der Waals surface area (Å²) >= 11 is 0. The number of rotatable bonds is 0. The molecule has 88 valence electrons. The topological polar surface area (TPSA) is 74.6 Å². The van der Waals surface area contributed by atoms with Crippen LogP contribution in [0.25, 0.3) is 0 Å². The van der Waals surface area contributed by atoms with Gasteiger partial charge in [-0.25, -0.2) is 0 Å². The third-order valence-corrected chi connectivity index (χ3v) is 1.64. The fourth-order valence-corrected chi connectivity index (χ4v) is 0.938. The summed E-state index contributed by atoms with van der Waals surface area (Å²) < 4.78 is 31.6. The number of hydrogen-bond acceptors (Lipinski definition) is 2. The summed E-state index contributed by atoms with van der Waals surface area (Å²) in [6, 6.07) is 10.6. The SMILES string of the molecule is CC(C)(C)c1ccccc1.O=S(=O)(O)O.[LiH]. The van der Waals surface area contributed by atoms with Gasteiger partial charge in [0.05, 0.1) is 0 Å². The van der Waals surface area contributed by atoms with Gasteiger partial charge in [0.1, 0.15) is 0 Å². The molecule has 0 aliphatic heterocycles. The van der Waals surface area contributed by atoms with E-state index in [-0.39, 0.29) is 18.9 Å². The Balaban J connectivity index is 0. The molecule has 0 amide bonds. The van der Waals surface area contributed by atoms with Crippen LogP contribution in [0.2, 0.25) is 0 Å². The molecule has 0 aliphatic carbocycles. The monoisotopic (exact) mass is 240 g/mol. The van der Waals surface area contributed by atoms with Crippen molar-refractivity contribution in [1.82, 2.24) is 0 Å². The van der Waals surface area contributed by atoms with Gasteiger partial charge >= 0.3 is 29.3 Å². The van der Waals surface area contributed by atoms with E-state index in [0.29, 0.717) is 5.41 Å². The van der Waals surface area contributed by atoms with Crippen LogP contribution in [-0.2, 0) is 15.8 Å². The molecule has 0 spiro atoms. The molecule has 1 aromatic carbocycles. The summed E-state index contributed by atoms with van der Waals surface area (Å²) in [6.07, 6.45) is 0. The van der Waals surface area contributed by atoms with Crippen molar-refractivity contribution >= 4 is 29.3 Å². The molecule has 6 heteroatoms. The molecule has 0 heterocycles. The average molecular weight is 240 g/mol. The molecule has 0 saturated heterocycles. The molecule has 0 atom stereocenters. The Hall–Kier alpha value is -0.313. The molecule has 1 rings (SSSR count). The summed E-state index contributed by atoms with van der Waals surface area (Å²) in [5, 5.41) is 0. The third kappa shape index (κ3) is 11.8. The van der Waals surface area contributed by atoms with Crippen molar-refractivity contribution < 1.29 is 17.5 Å². The Labute approximate surface area is 109 Å². The van der Waals surface area contributed by atoms with Gasteiger partial charge in [0, 0.05) is 0 Å². The second kappa shape index (κ2) is 7.10.